The third kappa shape index (κ3) is 20.1. The molecule has 0 aliphatic rings. The number of nitrogens with one attached hydrogen (secondary N) is 3. The summed E-state index contributed by atoms with van der Waals surface area (Å²) in [7, 11) is 3.15. The molecule has 0 aliphatic heterocycles. The number of benzene rings is 1. The van der Waals surface area contributed by atoms with Gasteiger partial charge in [0.25, 0.3) is 0 Å². The summed E-state index contributed by atoms with van der Waals surface area (Å²) in [5.41, 5.74) is 4.40. The number of unbranched alkanes of at least 4 members (excludes halogenated alkanes) is 2. The third-order valence-electron chi connectivity index (χ3n) is 7.52. The summed E-state index contributed by atoms with van der Waals surface area (Å²) in [6, 6.07) is 4.40. The van der Waals surface area contributed by atoms with Gasteiger partial charge in [-0.1, -0.05) is 25.5 Å². The van der Waals surface area contributed by atoms with Crippen molar-refractivity contribution < 1.29 is 38.2 Å². The average Bonchev–Trinajstić information content (AvgIpc) is 3.01. The summed E-state index contributed by atoms with van der Waals surface area (Å²) in [5.74, 6) is -1.98. The Morgan fingerprint density at radius 3 is 1.83 bits per heavy atom. The maximum atomic E-state index is 14.0. The zero-order chi connectivity index (χ0) is 40.6. The van der Waals surface area contributed by atoms with E-state index in [9.17, 15) is 24.0 Å². The molecule has 0 spiro atoms. The summed E-state index contributed by atoms with van der Waals surface area (Å²) in [5, 5.41) is 8.40. The van der Waals surface area contributed by atoms with Crippen molar-refractivity contribution in [3.8, 4) is 5.75 Å². The Labute approximate surface area is 317 Å². The van der Waals surface area contributed by atoms with E-state index in [-0.39, 0.29) is 31.7 Å². The Hall–Kier alpha value is -4.07. The Morgan fingerprint density at radius 1 is 0.755 bits per heavy atom. The van der Waals surface area contributed by atoms with Crippen molar-refractivity contribution in [1.29, 1.82) is 0 Å². The predicted octanol–water partition coefficient (Wildman–Crippen LogP) is 4.77. The normalized spacial score (nSPS) is 13.5. The number of urea groups is 2. The molecule has 1 aromatic carbocycles. The van der Waals surface area contributed by atoms with E-state index in [1.165, 1.54) is 9.80 Å². The largest absolute Gasteiger partial charge is 0.488 e. The van der Waals surface area contributed by atoms with Crippen LogP contribution in [0.3, 0.4) is 0 Å². The van der Waals surface area contributed by atoms with Crippen molar-refractivity contribution in [2.24, 2.45) is 11.7 Å². The van der Waals surface area contributed by atoms with E-state index in [0.717, 1.165) is 12.0 Å². The molecule has 0 heterocycles. The molecule has 0 aliphatic carbocycles. The highest BCUT2D eigenvalue weighted by molar-refractivity contribution is 5.87. The van der Waals surface area contributed by atoms with Crippen LogP contribution in [0, 0.1) is 5.92 Å². The number of hydrogen-bond acceptors (Lipinski definition) is 9. The second-order valence-electron chi connectivity index (χ2n) is 16.6. The lowest BCUT2D eigenvalue weighted by molar-refractivity contribution is -0.161. The molecule has 0 radical (unpaired) electrons. The first kappa shape index (κ1) is 47.0. The van der Waals surface area contributed by atoms with Gasteiger partial charge in [-0.25, -0.2) is 14.4 Å². The van der Waals surface area contributed by atoms with Gasteiger partial charge in [0, 0.05) is 40.2 Å². The van der Waals surface area contributed by atoms with Crippen molar-refractivity contribution in [2.45, 2.75) is 137 Å². The van der Waals surface area contributed by atoms with Gasteiger partial charge in [0.15, 0.2) is 0 Å². The number of carbonyl (C=O) groups excluding carboxylic acids is 5. The topological polar surface area (TPSA) is 182 Å². The van der Waals surface area contributed by atoms with Gasteiger partial charge in [0.1, 0.15) is 34.6 Å². The maximum Gasteiger partial charge on any atom is 0.329 e. The van der Waals surface area contributed by atoms with Crippen LogP contribution in [0.25, 0.3) is 0 Å². The van der Waals surface area contributed by atoms with Crippen LogP contribution < -0.4 is 26.4 Å². The van der Waals surface area contributed by atoms with Crippen molar-refractivity contribution in [3.63, 3.8) is 0 Å². The van der Waals surface area contributed by atoms with Crippen LogP contribution in [0.5, 0.6) is 5.75 Å². The van der Waals surface area contributed by atoms with Crippen molar-refractivity contribution in [2.75, 3.05) is 40.3 Å². The molecule has 3 atom stereocenters. The Bertz CT molecular complexity index is 1310. The molecular weight excluding hydrogens is 680 g/mol. The number of nitrogens with zero attached hydrogens (tertiary/aromatic N) is 2. The molecule has 53 heavy (non-hydrogen) atoms. The van der Waals surface area contributed by atoms with Gasteiger partial charge in [-0.15, -0.1) is 0 Å². The Morgan fingerprint density at radius 2 is 1.32 bits per heavy atom. The van der Waals surface area contributed by atoms with E-state index in [1.54, 1.807) is 55.6 Å². The fraction of sp³-hybridized carbons (Fsp3) is 0.718. The molecule has 14 heteroatoms. The van der Waals surface area contributed by atoms with Crippen LogP contribution >= 0.6 is 0 Å². The molecule has 0 unspecified atom stereocenters. The number of hydrogen-bond donors (Lipinski definition) is 4. The third-order valence-corrected chi connectivity index (χ3v) is 7.52. The van der Waals surface area contributed by atoms with Crippen molar-refractivity contribution in [3.05, 3.63) is 29.8 Å². The van der Waals surface area contributed by atoms with Gasteiger partial charge in [0.2, 0.25) is 5.91 Å². The number of nitrogens with two attached hydrogens (primary N) is 1. The van der Waals surface area contributed by atoms with Crippen LogP contribution in [0.15, 0.2) is 24.3 Å². The van der Waals surface area contributed by atoms with Gasteiger partial charge in [-0.05, 0) is 112 Å². The van der Waals surface area contributed by atoms with E-state index < -0.39 is 59.1 Å². The van der Waals surface area contributed by atoms with Crippen molar-refractivity contribution >= 4 is 29.9 Å². The van der Waals surface area contributed by atoms with Crippen molar-refractivity contribution in [1.82, 2.24) is 25.8 Å². The van der Waals surface area contributed by atoms with E-state index >= 15 is 0 Å². The summed E-state index contributed by atoms with van der Waals surface area (Å²) < 4.78 is 17.4. The van der Waals surface area contributed by atoms with Crippen LogP contribution in [0.2, 0.25) is 0 Å². The quantitative estimate of drug-likeness (QED) is 0.114. The molecular formula is C39H68N6O8. The van der Waals surface area contributed by atoms with Crippen LogP contribution in [0.4, 0.5) is 9.59 Å². The zero-order valence-electron chi connectivity index (χ0n) is 34.4. The molecule has 0 aromatic heterocycles. The Kier molecular flexibility index (Phi) is 19.1. The highest BCUT2D eigenvalue weighted by Crippen LogP contribution is 2.20. The second kappa shape index (κ2) is 21.6. The summed E-state index contributed by atoms with van der Waals surface area (Å²) in [4.78, 5) is 69.8. The van der Waals surface area contributed by atoms with E-state index in [4.69, 9.17) is 19.9 Å². The summed E-state index contributed by atoms with van der Waals surface area (Å²) in [6.45, 7) is 18.8. The maximum absolute atomic E-state index is 14.0. The molecule has 5 amide bonds. The number of rotatable bonds is 19. The lowest BCUT2D eigenvalue weighted by Crippen LogP contribution is -2.54. The smallest absolute Gasteiger partial charge is 0.329 e. The molecule has 1 aromatic rings. The molecule has 0 saturated heterocycles. The molecule has 0 fully saturated rings. The second-order valence-corrected chi connectivity index (χ2v) is 16.6. The minimum absolute atomic E-state index is 0.108. The van der Waals surface area contributed by atoms with Gasteiger partial charge in [-0.3, -0.25) is 9.59 Å². The zero-order valence-corrected chi connectivity index (χ0v) is 34.4. The average molecular weight is 749 g/mol. The van der Waals surface area contributed by atoms with Gasteiger partial charge < -0.3 is 45.7 Å². The minimum Gasteiger partial charge on any atom is -0.488 e. The van der Waals surface area contributed by atoms with Gasteiger partial charge in [0.05, 0.1) is 5.92 Å². The lowest BCUT2D eigenvalue weighted by atomic mass is 10.0. The lowest BCUT2D eigenvalue weighted by Gasteiger charge is -2.31. The molecule has 14 nitrogen and oxygen atoms in total. The first-order chi connectivity index (χ1) is 24.4. The molecule has 0 bridgehead atoms. The first-order valence-corrected chi connectivity index (χ1v) is 18.7. The Balaban J connectivity index is 3.38. The molecule has 302 valence electrons. The summed E-state index contributed by atoms with van der Waals surface area (Å²) in [6.07, 6.45) is 3.15. The SMILES string of the molecule is CCCCN(C[C@H](CNC(=O)[C@H](CCCCN)NC(=O)N(C)C)C(=O)OC(C)(C)C)C(=O)N[C@@H](Cc1ccc(OC(C)(C)C)cc1)C(=O)OC(C)(C)C. The number of amides is 5. The molecule has 5 N–H and O–H groups in total. The number of esters is 2. The van der Waals surface area contributed by atoms with E-state index in [1.807, 2.05) is 52.0 Å². The summed E-state index contributed by atoms with van der Waals surface area (Å²) >= 11 is 0. The standard InChI is InChI=1S/C39H68N6O8/c1-13-14-23-45(36(50)43-31(34(48)53-39(8,9)10)24-27-18-20-29(21-19-27)51-37(2,3)4)26-28(33(47)52-38(5,6)7)25-41-32(46)30(17-15-16-22-40)42-35(49)44(11)12/h18-21,28,30-31H,13-17,22-26,40H2,1-12H3,(H,41,46)(H,42,49)(H,43,50)/t28-,30-,31-/m0/s1. The van der Waals surface area contributed by atoms with Crippen LogP contribution in [-0.2, 0) is 30.3 Å². The van der Waals surface area contributed by atoms with Crippen LogP contribution in [0.1, 0.15) is 107 Å². The van der Waals surface area contributed by atoms with Gasteiger partial charge >= 0.3 is 24.0 Å². The fourth-order valence-corrected chi connectivity index (χ4v) is 4.97. The van der Waals surface area contributed by atoms with Crippen LogP contribution in [-0.4, -0.2) is 109 Å². The highest BCUT2D eigenvalue weighted by atomic mass is 16.6. The van der Waals surface area contributed by atoms with E-state index in [0.29, 0.717) is 38.0 Å². The predicted molar refractivity (Wildman–Crippen MR) is 206 cm³/mol. The molecule has 1 rings (SSSR count). The first-order valence-electron chi connectivity index (χ1n) is 18.7. The van der Waals surface area contributed by atoms with Gasteiger partial charge in [-0.2, -0.15) is 0 Å². The highest BCUT2D eigenvalue weighted by Gasteiger charge is 2.33. The molecule has 0 saturated carbocycles. The number of carbonyl (C=O) groups is 5. The van der Waals surface area contributed by atoms with E-state index in [2.05, 4.69) is 16.0 Å². The fourth-order valence-electron chi connectivity index (χ4n) is 4.97. The monoisotopic (exact) mass is 749 g/mol. The minimum atomic E-state index is -1.05. The number of ether oxygens (including phenoxy) is 3.